The van der Waals surface area contributed by atoms with Crippen LogP contribution in [0.15, 0.2) is 24.4 Å². The normalized spacial score (nSPS) is 31.2. The molecule has 0 radical (unpaired) electrons. The molecule has 4 nitrogen and oxygen atoms in total. The summed E-state index contributed by atoms with van der Waals surface area (Å²) in [6.45, 7) is 5.16. The summed E-state index contributed by atoms with van der Waals surface area (Å²) in [5.74, 6) is 1.53. The molecule has 5 rings (SSSR count). The lowest BCUT2D eigenvalue weighted by Crippen LogP contribution is -2.45. The highest BCUT2D eigenvalue weighted by molar-refractivity contribution is 5.69. The Kier molecular flexibility index (Phi) is 5.81. The summed E-state index contributed by atoms with van der Waals surface area (Å²) in [5.41, 5.74) is 17.5. The maximum Gasteiger partial charge on any atom is 0.0576 e. The Morgan fingerprint density at radius 2 is 1.91 bits per heavy atom. The van der Waals surface area contributed by atoms with Gasteiger partial charge in [-0.25, -0.2) is 0 Å². The van der Waals surface area contributed by atoms with E-state index in [-0.39, 0.29) is 5.54 Å². The van der Waals surface area contributed by atoms with Crippen LogP contribution in [0.5, 0.6) is 0 Å². The van der Waals surface area contributed by atoms with Gasteiger partial charge in [0.15, 0.2) is 0 Å². The molecule has 3 aliphatic rings. The second kappa shape index (κ2) is 8.48. The fourth-order valence-electron chi connectivity index (χ4n) is 6.06. The lowest BCUT2D eigenvalue weighted by atomic mass is 9.78. The van der Waals surface area contributed by atoms with E-state index in [9.17, 15) is 0 Å². The van der Waals surface area contributed by atoms with Gasteiger partial charge < -0.3 is 20.8 Å². The van der Waals surface area contributed by atoms with Crippen molar-refractivity contribution in [2.24, 2.45) is 23.3 Å². The van der Waals surface area contributed by atoms with Crippen molar-refractivity contribution in [2.75, 3.05) is 13.7 Å². The van der Waals surface area contributed by atoms with Gasteiger partial charge >= 0.3 is 0 Å². The molecule has 4 N–H and O–H groups in total. The van der Waals surface area contributed by atoms with E-state index in [0.29, 0.717) is 12.1 Å². The Morgan fingerprint density at radius 1 is 1.12 bits per heavy atom. The number of benzene rings is 1. The molecule has 1 atom stereocenters. The van der Waals surface area contributed by atoms with Gasteiger partial charge in [0, 0.05) is 41.0 Å². The number of methoxy groups -OCH3 is 1. The summed E-state index contributed by atoms with van der Waals surface area (Å²) in [7, 11) is 1.83. The van der Waals surface area contributed by atoms with Gasteiger partial charge in [-0.05, 0) is 88.3 Å². The minimum atomic E-state index is -0.288. The molecule has 1 aromatic heterocycles. The van der Waals surface area contributed by atoms with Crippen molar-refractivity contribution in [1.29, 1.82) is 0 Å². The van der Waals surface area contributed by atoms with Gasteiger partial charge in [-0.15, -0.1) is 0 Å². The number of aromatic nitrogens is 1. The summed E-state index contributed by atoms with van der Waals surface area (Å²) in [6, 6.07) is 7.71. The zero-order valence-electron chi connectivity index (χ0n) is 19.9. The Hall–Kier alpha value is -1.88. The first-order chi connectivity index (χ1) is 15.3. The van der Waals surface area contributed by atoms with Crippen LogP contribution in [0.4, 0.5) is 0 Å². The standard InChI is InChI=1S/C28H39N3O/c1-18-8-20(10-21-14-24(15-21)32-3)11-22(9-18)26-17-31(23-12-19(13-23)5-7-29)27-4-6-28(2,30)16-25(26)27/h4,8-9,11,16-17,19,21,23-24H,5-7,10,12-15,29-30H2,1-3H3. The first kappa shape index (κ1) is 21.9. The van der Waals surface area contributed by atoms with E-state index in [1.165, 1.54) is 58.5 Å². The van der Waals surface area contributed by atoms with Gasteiger partial charge in [-0.3, -0.25) is 0 Å². The summed E-state index contributed by atoms with van der Waals surface area (Å²) in [5, 5.41) is 2.69. The molecule has 0 amide bonds. The molecule has 0 aliphatic heterocycles. The Labute approximate surface area is 192 Å². The fourth-order valence-corrected chi connectivity index (χ4v) is 6.06. The molecule has 1 unspecified atom stereocenters. The van der Waals surface area contributed by atoms with Crippen LogP contribution in [0.2, 0.25) is 0 Å². The SMILES string of the molecule is COC1CC(Cc2cc(C)cc(-c3cn(C4CC(CCN)C4)c4c3=CC(C)(N)CC=4)c2)C1. The van der Waals surface area contributed by atoms with E-state index in [1.807, 2.05) is 7.11 Å². The third-order valence-corrected chi connectivity index (χ3v) is 8.00. The van der Waals surface area contributed by atoms with Crippen LogP contribution in [0.3, 0.4) is 0 Å². The molecular formula is C28H39N3O. The highest BCUT2D eigenvalue weighted by atomic mass is 16.5. The first-order valence-electron chi connectivity index (χ1n) is 12.4. The highest BCUT2D eigenvalue weighted by Gasteiger charge is 2.32. The van der Waals surface area contributed by atoms with Crippen molar-refractivity contribution in [3.05, 3.63) is 46.1 Å². The second-order valence-electron chi connectivity index (χ2n) is 11.0. The monoisotopic (exact) mass is 433 g/mol. The molecule has 0 spiro atoms. The molecular weight excluding hydrogens is 394 g/mol. The Morgan fingerprint density at radius 3 is 2.62 bits per heavy atom. The molecule has 32 heavy (non-hydrogen) atoms. The number of nitrogens with zero attached hydrogens (tertiary/aromatic N) is 1. The maximum absolute atomic E-state index is 6.59. The summed E-state index contributed by atoms with van der Waals surface area (Å²) in [4.78, 5) is 0. The lowest BCUT2D eigenvalue weighted by molar-refractivity contribution is 0.00145. The second-order valence-corrected chi connectivity index (χ2v) is 11.0. The summed E-state index contributed by atoms with van der Waals surface area (Å²) < 4.78 is 8.03. The van der Waals surface area contributed by atoms with Crippen LogP contribution in [-0.4, -0.2) is 29.9 Å². The van der Waals surface area contributed by atoms with Crippen molar-refractivity contribution < 1.29 is 4.74 Å². The average molecular weight is 434 g/mol. The van der Waals surface area contributed by atoms with Crippen molar-refractivity contribution in [2.45, 2.75) is 76.5 Å². The van der Waals surface area contributed by atoms with Crippen molar-refractivity contribution in [3.8, 4) is 11.1 Å². The van der Waals surface area contributed by atoms with Crippen LogP contribution in [0.1, 0.15) is 62.6 Å². The molecule has 2 saturated carbocycles. The number of fused-ring (bicyclic) bond motifs is 1. The number of nitrogens with two attached hydrogens (primary N) is 2. The van der Waals surface area contributed by atoms with Crippen LogP contribution < -0.4 is 22.0 Å². The molecule has 1 aromatic carbocycles. The smallest absolute Gasteiger partial charge is 0.0576 e. The van der Waals surface area contributed by atoms with Gasteiger partial charge in [-0.1, -0.05) is 35.9 Å². The molecule has 172 valence electrons. The highest BCUT2D eigenvalue weighted by Crippen LogP contribution is 2.39. The summed E-state index contributed by atoms with van der Waals surface area (Å²) in [6.07, 6.45) is 15.6. The molecule has 2 aromatic rings. The predicted molar refractivity (Wildman–Crippen MR) is 133 cm³/mol. The molecule has 0 bridgehead atoms. The average Bonchev–Trinajstić information content (AvgIpc) is 3.03. The zero-order chi connectivity index (χ0) is 22.5. The van der Waals surface area contributed by atoms with Crippen LogP contribution in [0, 0.1) is 18.8 Å². The van der Waals surface area contributed by atoms with E-state index in [2.05, 4.69) is 55.0 Å². The minimum absolute atomic E-state index is 0.288. The van der Waals surface area contributed by atoms with Crippen LogP contribution in [-0.2, 0) is 11.2 Å². The molecule has 1 heterocycles. The largest absolute Gasteiger partial charge is 0.381 e. The minimum Gasteiger partial charge on any atom is -0.381 e. The quantitative estimate of drug-likeness (QED) is 0.703. The fraction of sp³-hybridized carbons (Fsp3) is 0.571. The third kappa shape index (κ3) is 4.21. The van der Waals surface area contributed by atoms with Gasteiger partial charge in [0.1, 0.15) is 0 Å². The first-order valence-corrected chi connectivity index (χ1v) is 12.4. The van der Waals surface area contributed by atoms with Crippen LogP contribution in [0.25, 0.3) is 23.3 Å². The van der Waals surface area contributed by atoms with Crippen molar-refractivity contribution >= 4 is 12.2 Å². The number of ether oxygens (including phenoxy) is 1. The van der Waals surface area contributed by atoms with Crippen molar-refractivity contribution in [3.63, 3.8) is 0 Å². The topological polar surface area (TPSA) is 66.2 Å². The van der Waals surface area contributed by atoms with Gasteiger partial charge in [0.05, 0.1) is 6.10 Å². The maximum atomic E-state index is 6.59. The van der Waals surface area contributed by atoms with Gasteiger partial charge in [0.25, 0.3) is 0 Å². The number of hydrogen-bond donors (Lipinski definition) is 2. The zero-order valence-corrected chi connectivity index (χ0v) is 19.9. The molecule has 3 aliphatic carbocycles. The number of rotatable bonds is 7. The van der Waals surface area contributed by atoms with Gasteiger partial charge in [-0.2, -0.15) is 0 Å². The summed E-state index contributed by atoms with van der Waals surface area (Å²) >= 11 is 0. The van der Waals surface area contributed by atoms with E-state index in [1.54, 1.807) is 0 Å². The van der Waals surface area contributed by atoms with E-state index < -0.39 is 0 Å². The lowest BCUT2D eigenvalue weighted by Gasteiger charge is -2.37. The Bertz CT molecular complexity index is 1100. The van der Waals surface area contributed by atoms with Crippen LogP contribution >= 0.6 is 0 Å². The molecule has 4 heteroatoms. The molecule has 0 saturated heterocycles. The van der Waals surface area contributed by atoms with E-state index in [0.717, 1.165) is 37.6 Å². The predicted octanol–water partition coefficient (Wildman–Crippen LogP) is 3.41. The Balaban J connectivity index is 1.50. The van der Waals surface area contributed by atoms with E-state index in [4.69, 9.17) is 16.2 Å². The van der Waals surface area contributed by atoms with E-state index >= 15 is 0 Å². The molecule has 2 fully saturated rings. The van der Waals surface area contributed by atoms with Gasteiger partial charge in [0.2, 0.25) is 0 Å². The third-order valence-electron chi connectivity index (χ3n) is 8.00. The number of aryl methyl sites for hydroxylation is 1. The van der Waals surface area contributed by atoms with Crippen molar-refractivity contribution in [1.82, 2.24) is 4.57 Å². The number of hydrogen-bond acceptors (Lipinski definition) is 3.